The number of aromatic nitrogens is 4. The van der Waals surface area contributed by atoms with Crippen LogP contribution in [0.15, 0.2) is 85.2 Å². The molecule has 0 aliphatic heterocycles. The summed E-state index contributed by atoms with van der Waals surface area (Å²) in [4.78, 5) is 17.0. The molecule has 3 aromatic heterocycles. The zero-order chi connectivity index (χ0) is 20.1. The molecule has 0 radical (unpaired) electrons. The van der Waals surface area contributed by atoms with Gasteiger partial charge in [-0.1, -0.05) is 41.9 Å². The quantitative estimate of drug-likeness (QED) is 0.350. The first-order valence-corrected chi connectivity index (χ1v) is 10.0. The van der Waals surface area contributed by atoms with E-state index < -0.39 is 0 Å². The number of fused-ring (bicyclic) bond motifs is 4. The van der Waals surface area contributed by atoms with Gasteiger partial charge in [0.05, 0.1) is 11.0 Å². The van der Waals surface area contributed by atoms with Crippen LogP contribution in [0.1, 0.15) is 0 Å². The van der Waals surface area contributed by atoms with E-state index in [0.29, 0.717) is 10.8 Å². The molecule has 0 bridgehead atoms. The fourth-order valence-corrected chi connectivity index (χ4v) is 4.18. The van der Waals surface area contributed by atoms with Crippen molar-refractivity contribution in [1.29, 1.82) is 0 Å². The average Bonchev–Trinajstić information content (AvgIpc) is 3.17. The van der Waals surface area contributed by atoms with Crippen LogP contribution in [0.5, 0.6) is 0 Å². The van der Waals surface area contributed by atoms with Crippen LogP contribution >= 0.6 is 11.6 Å². The van der Waals surface area contributed by atoms with E-state index in [0.717, 1.165) is 44.1 Å². The molecule has 0 saturated carbocycles. The maximum absolute atomic E-state index is 6.59. The molecule has 3 aromatic carbocycles. The molecule has 1 N–H and O–H groups in total. The Morgan fingerprint density at radius 2 is 1.43 bits per heavy atom. The number of nitrogens with one attached hydrogen (secondary N) is 1. The number of pyridine rings is 1. The number of rotatable bonds is 2. The Morgan fingerprint density at radius 3 is 2.33 bits per heavy atom. The van der Waals surface area contributed by atoms with Gasteiger partial charge < -0.3 is 4.98 Å². The predicted octanol–water partition coefficient (Wildman–Crippen LogP) is 6.65. The van der Waals surface area contributed by atoms with Gasteiger partial charge in [0.1, 0.15) is 5.69 Å². The number of benzene rings is 3. The van der Waals surface area contributed by atoms with Crippen molar-refractivity contribution in [3.8, 4) is 22.4 Å². The van der Waals surface area contributed by atoms with Gasteiger partial charge >= 0.3 is 0 Å². The van der Waals surface area contributed by atoms with Crippen LogP contribution in [0.4, 0.5) is 0 Å². The van der Waals surface area contributed by atoms with E-state index in [-0.39, 0.29) is 0 Å². The van der Waals surface area contributed by atoms with E-state index in [9.17, 15) is 0 Å². The lowest BCUT2D eigenvalue weighted by molar-refractivity contribution is 1.29. The molecule has 6 rings (SSSR count). The van der Waals surface area contributed by atoms with Crippen molar-refractivity contribution in [3.05, 3.63) is 90.3 Å². The van der Waals surface area contributed by atoms with Crippen LogP contribution in [-0.2, 0) is 0 Å². The third kappa shape index (κ3) is 2.73. The summed E-state index contributed by atoms with van der Waals surface area (Å²) in [5.74, 6) is 0. The van der Waals surface area contributed by atoms with Crippen LogP contribution < -0.4 is 0 Å². The molecule has 5 heteroatoms. The number of aromatic amines is 1. The lowest BCUT2D eigenvalue weighted by Crippen LogP contribution is -1.92. The minimum atomic E-state index is 0.397. The SMILES string of the molecule is Clc1nc2cc(-c3ccncc3)ccc2nc1-c1ccc2[nH]c3ccccc3c2c1. The van der Waals surface area contributed by atoms with Gasteiger partial charge in [-0.2, -0.15) is 0 Å². The zero-order valence-corrected chi connectivity index (χ0v) is 16.6. The van der Waals surface area contributed by atoms with Crippen LogP contribution in [-0.4, -0.2) is 19.9 Å². The Hall–Kier alpha value is -3.76. The van der Waals surface area contributed by atoms with Crippen molar-refractivity contribution in [2.24, 2.45) is 0 Å². The molecule has 4 nitrogen and oxygen atoms in total. The largest absolute Gasteiger partial charge is 0.355 e. The second-order valence-electron chi connectivity index (χ2n) is 7.23. The summed E-state index contributed by atoms with van der Waals surface area (Å²) in [5.41, 5.74) is 7.56. The first kappa shape index (κ1) is 17.1. The Morgan fingerprint density at radius 1 is 0.633 bits per heavy atom. The second kappa shape index (κ2) is 6.65. The highest BCUT2D eigenvalue weighted by Gasteiger charge is 2.12. The van der Waals surface area contributed by atoms with Crippen LogP contribution in [0, 0.1) is 0 Å². The highest BCUT2D eigenvalue weighted by atomic mass is 35.5. The molecule has 0 atom stereocenters. The van der Waals surface area contributed by atoms with Gasteiger partial charge in [0.2, 0.25) is 0 Å². The molecule has 0 unspecified atom stereocenters. The molecule has 0 aliphatic carbocycles. The summed E-state index contributed by atoms with van der Waals surface area (Å²) in [6, 6.07) is 24.5. The first-order chi connectivity index (χ1) is 14.8. The minimum Gasteiger partial charge on any atom is -0.355 e. The third-order valence-electron chi connectivity index (χ3n) is 5.41. The van der Waals surface area contributed by atoms with Crippen molar-refractivity contribution >= 4 is 44.4 Å². The smallest absolute Gasteiger partial charge is 0.156 e. The number of hydrogen-bond donors (Lipinski definition) is 1. The summed E-state index contributed by atoms with van der Waals surface area (Å²) >= 11 is 6.59. The Bertz CT molecular complexity index is 1550. The summed E-state index contributed by atoms with van der Waals surface area (Å²) in [5, 5.41) is 2.73. The molecular formula is C25H15ClN4. The van der Waals surface area contributed by atoms with Crippen LogP contribution in [0.25, 0.3) is 55.2 Å². The molecule has 0 fully saturated rings. The third-order valence-corrected chi connectivity index (χ3v) is 5.68. The zero-order valence-electron chi connectivity index (χ0n) is 15.8. The topological polar surface area (TPSA) is 54.5 Å². The molecule has 3 heterocycles. The number of halogens is 1. The molecule has 0 amide bonds. The average molecular weight is 407 g/mol. The Balaban J connectivity index is 1.50. The fourth-order valence-electron chi connectivity index (χ4n) is 3.94. The normalized spacial score (nSPS) is 11.5. The molecule has 0 spiro atoms. The van der Waals surface area contributed by atoms with E-state index in [2.05, 4.69) is 39.2 Å². The second-order valence-corrected chi connectivity index (χ2v) is 7.59. The summed E-state index contributed by atoms with van der Waals surface area (Å²) in [6.07, 6.45) is 3.56. The van der Waals surface area contributed by atoms with Crippen molar-refractivity contribution in [3.63, 3.8) is 0 Å². The molecule has 0 aliphatic rings. The van der Waals surface area contributed by atoms with Crippen molar-refractivity contribution in [2.45, 2.75) is 0 Å². The van der Waals surface area contributed by atoms with Crippen molar-refractivity contribution in [1.82, 2.24) is 19.9 Å². The maximum Gasteiger partial charge on any atom is 0.156 e. The summed E-state index contributed by atoms with van der Waals surface area (Å²) < 4.78 is 0. The van der Waals surface area contributed by atoms with Crippen molar-refractivity contribution in [2.75, 3.05) is 0 Å². The standard InChI is InChI=1S/C25H15ClN4/c26-25-24(17-6-7-21-19(13-17)18-3-1-2-4-20(18)28-21)29-22-8-5-16(14-23(22)30-25)15-9-11-27-12-10-15/h1-14,28H. The number of para-hydroxylation sites is 1. The monoisotopic (exact) mass is 406 g/mol. The fraction of sp³-hybridized carbons (Fsp3) is 0. The lowest BCUT2D eigenvalue weighted by Gasteiger charge is -2.08. The van der Waals surface area contributed by atoms with Gasteiger partial charge in [0.25, 0.3) is 0 Å². The number of nitrogens with zero attached hydrogens (tertiary/aromatic N) is 3. The van der Waals surface area contributed by atoms with Gasteiger partial charge in [0.15, 0.2) is 5.15 Å². The maximum atomic E-state index is 6.59. The van der Waals surface area contributed by atoms with E-state index in [1.807, 2.05) is 48.5 Å². The van der Waals surface area contributed by atoms with Gasteiger partial charge in [-0.3, -0.25) is 4.98 Å². The first-order valence-electron chi connectivity index (χ1n) is 9.65. The predicted molar refractivity (Wildman–Crippen MR) is 123 cm³/mol. The number of hydrogen-bond acceptors (Lipinski definition) is 3. The summed E-state index contributed by atoms with van der Waals surface area (Å²) in [6.45, 7) is 0. The van der Waals surface area contributed by atoms with Gasteiger partial charge in [0, 0.05) is 39.8 Å². The Labute approximate surface area is 177 Å². The highest BCUT2D eigenvalue weighted by Crippen LogP contribution is 2.33. The molecular weight excluding hydrogens is 392 g/mol. The minimum absolute atomic E-state index is 0.397. The molecule has 30 heavy (non-hydrogen) atoms. The van der Waals surface area contributed by atoms with E-state index in [1.54, 1.807) is 12.4 Å². The Kier molecular flexibility index (Phi) is 3.79. The number of H-pyrrole nitrogens is 1. The van der Waals surface area contributed by atoms with E-state index >= 15 is 0 Å². The van der Waals surface area contributed by atoms with Crippen LogP contribution in [0.3, 0.4) is 0 Å². The molecule has 0 saturated heterocycles. The van der Waals surface area contributed by atoms with Gasteiger partial charge in [-0.25, -0.2) is 9.97 Å². The van der Waals surface area contributed by atoms with Crippen molar-refractivity contribution < 1.29 is 0 Å². The van der Waals surface area contributed by atoms with E-state index in [4.69, 9.17) is 16.6 Å². The van der Waals surface area contributed by atoms with E-state index in [1.165, 1.54) is 5.39 Å². The molecule has 6 aromatic rings. The highest BCUT2D eigenvalue weighted by molar-refractivity contribution is 6.32. The van der Waals surface area contributed by atoms with Gasteiger partial charge in [-0.15, -0.1) is 0 Å². The van der Waals surface area contributed by atoms with Gasteiger partial charge in [-0.05, 0) is 53.6 Å². The van der Waals surface area contributed by atoms with Crippen LogP contribution in [0.2, 0.25) is 5.15 Å². The summed E-state index contributed by atoms with van der Waals surface area (Å²) in [7, 11) is 0. The lowest BCUT2D eigenvalue weighted by atomic mass is 10.1. The molecule has 142 valence electrons.